The van der Waals surface area contributed by atoms with E-state index in [-0.39, 0.29) is 11.9 Å². The van der Waals surface area contributed by atoms with Crippen LogP contribution >= 0.6 is 0 Å². The van der Waals surface area contributed by atoms with E-state index in [2.05, 4.69) is 49.5 Å². The van der Waals surface area contributed by atoms with Crippen molar-refractivity contribution in [1.29, 1.82) is 0 Å². The molecule has 1 atom stereocenters. The molecule has 4 aromatic carbocycles. The van der Waals surface area contributed by atoms with E-state index >= 15 is 0 Å². The summed E-state index contributed by atoms with van der Waals surface area (Å²) in [7, 11) is 1.69. The van der Waals surface area contributed by atoms with Gasteiger partial charge in [0.05, 0.1) is 7.11 Å². The van der Waals surface area contributed by atoms with Crippen LogP contribution in [0.3, 0.4) is 0 Å². The normalized spacial score (nSPS) is 12.1. The van der Waals surface area contributed by atoms with E-state index in [1.807, 2.05) is 42.5 Å². The lowest BCUT2D eigenvalue weighted by molar-refractivity contribution is 0.0938. The number of carbonyl (C=O) groups excluding carboxylic acids is 1. The number of rotatable bonds is 9. The number of benzene rings is 4. The molecule has 4 rings (SSSR count). The van der Waals surface area contributed by atoms with Crippen molar-refractivity contribution in [2.75, 3.05) is 7.11 Å². The first kappa shape index (κ1) is 22.8. The predicted octanol–water partition coefficient (Wildman–Crippen LogP) is 7.76. The second-order valence-corrected chi connectivity index (χ2v) is 8.80. The minimum Gasteiger partial charge on any atom is -0.496 e. The molecule has 0 spiro atoms. The summed E-state index contributed by atoms with van der Waals surface area (Å²) in [5.74, 6) is 0.737. The summed E-state index contributed by atoms with van der Waals surface area (Å²) >= 11 is 0. The van der Waals surface area contributed by atoms with Crippen LogP contribution in [0.4, 0.5) is 0 Å². The highest BCUT2D eigenvalue weighted by atomic mass is 16.5. The van der Waals surface area contributed by atoms with Crippen LogP contribution in [0.5, 0.6) is 5.75 Å². The van der Waals surface area contributed by atoms with Gasteiger partial charge in [0.15, 0.2) is 0 Å². The van der Waals surface area contributed by atoms with Gasteiger partial charge in [-0.15, -0.1) is 0 Å². The lowest BCUT2D eigenvalue weighted by atomic mass is 9.89. The Kier molecular flexibility index (Phi) is 7.29. The topological polar surface area (TPSA) is 38.3 Å². The number of amides is 1. The first-order chi connectivity index (χ1) is 16.1. The Bertz CT molecular complexity index is 1260. The van der Waals surface area contributed by atoms with Gasteiger partial charge in [-0.1, -0.05) is 93.3 Å². The minimum absolute atomic E-state index is 0.0336. The van der Waals surface area contributed by atoms with Crippen LogP contribution < -0.4 is 10.1 Å². The number of hydrogen-bond acceptors (Lipinski definition) is 2. The highest BCUT2D eigenvalue weighted by Crippen LogP contribution is 2.42. The maximum absolute atomic E-state index is 13.6. The fourth-order valence-corrected chi connectivity index (χ4v) is 4.66. The van der Waals surface area contributed by atoms with Crippen LogP contribution in [0, 0.1) is 0 Å². The third-order valence-corrected chi connectivity index (χ3v) is 6.40. The first-order valence-electron chi connectivity index (χ1n) is 12.0. The zero-order valence-electron chi connectivity index (χ0n) is 19.9. The second-order valence-electron chi connectivity index (χ2n) is 8.80. The number of unbranched alkanes of at least 4 members (excludes halogenated alkanes) is 3. The van der Waals surface area contributed by atoms with Crippen LogP contribution in [-0.4, -0.2) is 19.1 Å². The minimum atomic E-state index is -0.0336. The van der Waals surface area contributed by atoms with Crippen molar-refractivity contribution in [2.24, 2.45) is 0 Å². The number of carbonyl (C=O) groups is 1. The van der Waals surface area contributed by atoms with Crippen LogP contribution in [0.2, 0.25) is 0 Å². The van der Waals surface area contributed by atoms with Crippen LogP contribution in [-0.2, 0) is 0 Å². The quantitative estimate of drug-likeness (QED) is 0.271. The van der Waals surface area contributed by atoms with Gasteiger partial charge in [-0.05, 0) is 47.0 Å². The van der Waals surface area contributed by atoms with Crippen LogP contribution in [0.25, 0.3) is 32.7 Å². The number of ether oxygens (including phenoxy) is 1. The van der Waals surface area contributed by atoms with Crippen LogP contribution in [0.15, 0.2) is 72.8 Å². The molecule has 0 aliphatic rings. The molecule has 0 heterocycles. The number of methoxy groups -OCH3 is 1. The first-order valence-corrected chi connectivity index (χ1v) is 12.0. The highest BCUT2D eigenvalue weighted by Gasteiger charge is 2.21. The SMILES string of the molecule is CCCCCC[C@@H](C)NC(=O)c1ccc2ccccc2c1-c1c(OC)ccc2ccccc12. The molecular weight excluding hydrogens is 406 g/mol. The summed E-state index contributed by atoms with van der Waals surface area (Å²) in [6.45, 7) is 4.32. The molecule has 0 bridgehead atoms. The van der Waals surface area contributed by atoms with Crippen molar-refractivity contribution in [1.82, 2.24) is 5.32 Å². The van der Waals surface area contributed by atoms with Gasteiger partial charge in [-0.3, -0.25) is 4.79 Å². The molecule has 0 unspecified atom stereocenters. The average molecular weight is 440 g/mol. The Morgan fingerprint density at radius 3 is 2.12 bits per heavy atom. The molecular formula is C30H33NO2. The predicted molar refractivity (Wildman–Crippen MR) is 139 cm³/mol. The molecule has 170 valence electrons. The smallest absolute Gasteiger partial charge is 0.252 e. The van der Waals surface area contributed by atoms with Gasteiger partial charge in [0.2, 0.25) is 0 Å². The van der Waals surface area contributed by atoms with E-state index in [0.717, 1.165) is 51.3 Å². The van der Waals surface area contributed by atoms with Crippen molar-refractivity contribution in [3.05, 3.63) is 78.4 Å². The molecule has 3 nitrogen and oxygen atoms in total. The Balaban J connectivity index is 1.83. The summed E-state index contributed by atoms with van der Waals surface area (Å²) in [6.07, 6.45) is 5.80. The van der Waals surface area contributed by atoms with Gasteiger partial charge < -0.3 is 10.1 Å². The molecule has 4 aromatic rings. The van der Waals surface area contributed by atoms with E-state index in [4.69, 9.17) is 4.74 Å². The zero-order chi connectivity index (χ0) is 23.2. The summed E-state index contributed by atoms with van der Waals surface area (Å²) in [5.41, 5.74) is 2.58. The van der Waals surface area contributed by atoms with Gasteiger partial charge >= 0.3 is 0 Å². The lowest BCUT2D eigenvalue weighted by Gasteiger charge is -2.20. The molecule has 0 saturated heterocycles. The number of fused-ring (bicyclic) bond motifs is 2. The molecule has 0 radical (unpaired) electrons. The fraction of sp³-hybridized carbons (Fsp3) is 0.300. The summed E-state index contributed by atoms with van der Waals surface area (Å²) in [5, 5.41) is 7.61. The van der Waals surface area contributed by atoms with E-state index in [9.17, 15) is 4.79 Å². The lowest BCUT2D eigenvalue weighted by Crippen LogP contribution is -2.32. The van der Waals surface area contributed by atoms with Gasteiger partial charge in [-0.2, -0.15) is 0 Å². The van der Waals surface area contributed by atoms with Gasteiger partial charge in [0, 0.05) is 22.7 Å². The molecule has 33 heavy (non-hydrogen) atoms. The van der Waals surface area contributed by atoms with Crippen molar-refractivity contribution in [2.45, 2.75) is 52.0 Å². The monoisotopic (exact) mass is 439 g/mol. The molecule has 3 heteroatoms. The van der Waals surface area contributed by atoms with Crippen molar-refractivity contribution in [3.8, 4) is 16.9 Å². The summed E-state index contributed by atoms with van der Waals surface area (Å²) in [6, 6.07) is 24.7. The molecule has 0 saturated carbocycles. The molecule has 0 aliphatic carbocycles. The molecule has 0 aliphatic heterocycles. The standard InChI is InChI=1S/C30H33NO2/c1-4-5-6-7-12-21(2)31-30(32)26-19-17-22-13-8-10-15-24(22)28(26)29-25-16-11-9-14-23(25)18-20-27(29)33-3/h8-11,13-21H,4-7,12H2,1-3H3,(H,31,32)/t21-/m1/s1. The number of hydrogen-bond donors (Lipinski definition) is 1. The van der Waals surface area contributed by atoms with E-state index in [1.54, 1.807) is 7.11 Å². The maximum atomic E-state index is 13.6. The molecule has 1 amide bonds. The number of nitrogens with one attached hydrogen (secondary N) is 1. The Morgan fingerprint density at radius 1 is 0.818 bits per heavy atom. The van der Waals surface area contributed by atoms with Gasteiger partial charge in [-0.25, -0.2) is 0 Å². The van der Waals surface area contributed by atoms with E-state index in [1.165, 1.54) is 19.3 Å². The molecule has 0 fully saturated rings. The van der Waals surface area contributed by atoms with Crippen LogP contribution in [0.1, 0.15) is 56.3 Å². The fourth-order valence-electron chi connectivity index (χ4n) is 4.66. The Hall–Kier alpha value is -3.33. The molecule has 0 aromatic heterocycles. The third kappa shape index (κ3) is 4.88. The summed E-state index contributed by atoms with van der Waals surface area (Å²) in [4.78, 5) is 13.6. The van der Waals surface area contributed by atoms with Crippen molar-refractivity contribution >= 4 is 27.5 Å². The zero-order valence-corrected chi connectivity index (χ0v) is 19.9. The third-order valence-electron chi connectivity index (χ3n) is 6.40. The van der Waals surface area contributed by atoms with Crippen molar-refractivity contribution < 1.29 is 9.53 Å². The van der Waals surface area contributed by atoms with Crippen molar-refractivity contribution in [3.63, 3.8) is 0 Å². The van der Waals surface area contributed by atoms with E-state index in [0.29, 0.717) is 5.56 Å². The summed E-state index contributed by atoms with van der Waals surface area (Å²) < 4.78 is 5.82. The van der Waals surface area contributed by atoms with Gasteiger partial charge in [0.25, 0.3) is 5.91 Å². The van der Waals surface area contributed by atoms with Gasteiger partial charge in [0.1, 0.15) is 5.75 Å². The maximum Gasteiger partial charge on any atom is 0.252 e. The average Bonchev–Trinajstić information content (AvgIpc) is 2.85. The highest BCUT2D eigenvalue weighted by molar-refractivity contribution is 6.15. The molecule has 1 N–H and O–H groups in total. The largest absolute Gasteiger partial charge is 0.496 e. The van der Waals surface area contributed by atoms with E-state index < -0.39 is 0 Å². The Labute approximate surface area is 196 Å². The second kappa shape index (κ2) is 10.5. The Morgan fingerprint density at radius 2 is 1.45 bits per heavy atom.